The SMILES string of the molecule is COc1ccc2c(C)cc(-c3nc(C4CCC4)cs3)nc2c1Cl. The molecule has 3 nitrogen and oxygen atoms in total. The third kappa shape index (κ3) is 2.50. The van der Waals surface area contributed by atoms with Gasteiger partial charge >= 0.3 is 0 Å². The molecule has 0 saturated heterocycles. The van der Waals surface area contributed by atoms with Crippen LogP contribution in [0.3, 0.4) is 0 Å². The van der Waals surface area contributed by atoms with E-state index in [-0.39, 0.29) is 0 Å². The summed E-state index contributed by atoms with van der Waals surface area (Å²) in [5.41, 5.74) is 4.03. The van der Waals surface area contributed by atoms with Gasteiger partial charge in [0.1, 0.15) is 15.8 Å². The molecule has 0 amide bonds. The molecule has 3 aromatic rings. The summed E-state index contributed by atoms with van der Waals surface area (Å²) >= 11 is 8.12. The lowest BCUT2D eigenvalue weighted by Gasteiger charge is -2.22. The van der Waals surface area contributed by atoms with E-state index in [9.17, 15) is 0 Å². The molecule has 23 heavy (non-hydrogen) atoms. The van der Waals surface area contributed by atoms with Crippen molar-refractivity contribution in [3.8, 4) is 16.5 Å². The average molecular weight is 345 g/mol. The second kappa shape index (κ2) is 5.77. The van der Waals surface area contributed by atoms with Gasteiger partial charge in [0.25, 0.3) is 0 Å². The molecule has 0 spiro atoms. The fourth-order valence-electron chi connectivity index (χ4n) is 2.97. The Bertz CT molecular complexity index is 886. The van der Waals surface area contributed by atoms with E-state index >= 15 is 0 Å². The minimum absolute atomic E-state index is 0.561. The minimum atomic E-state index is 0.561. The molecular formula is C18H17ClN2OS. The maximum Gasteiger partial charge on any atom is 0.142 e. The number of ether oxygens (including phenoxy) is 1. The van der Waals surface area contributed by atoms with Crippen LogP contribution in [0, 0.1) is 6.92 Å². The maximum atomic E-state index is 6.46. The smallest absolute Gasteiger partial charge is 0.142 e. The number of nitrogens with zero attached hydrogens (tertiary/aromatic N) is 2. The van der Waals surface area contributed by atoms with Gasteiger partial charge in [0.2, 0.25) is 0 Å². The van der Waals surface area contributed by atoms with Gasteiger partial charge in [-0.3, -0.25) is 0 Å². The van der Waals surface area contributed by atoms with Gasteiger partial charge in [0, 0.05) is 16.7 Å². The lowest BCUT2D eigenvalue weighted by atomic mass is 9.83. The minimum Gasteiger partial charge on any atom is -0.495 e. The van der Waals surface area contributed by atoms with Gasteiger partial charge < -0.3 is 4.74 Å². The monoisotopic (exact) mass is 344 g/mol. The molecular weight excluding hydrogens is 328 g/mol. The van der Waals surface area contributed by atoms with E-state index in [1.54, 1.807) is 18.4 Å². The van der Waals surface area contributed by atoms with E-state index in [0.29, 0.717) is 16.7 Å². The van der Waals surface area contributed by atoms with Gasteiger partial charge in [-0.15, -0.1) is 11.3 Å². The summed E-state index contributed by atoms with van der Waals surface area (Å²) in [6.45, 7) is 2.08. The predicted octanol–water partition coefficient (Wildman–Crippen LogP) is 5.60. The van der Waals surface area contributed by atoms with Crippen molar-refractivity contribution in [3.05, 3.63) is 39.9 Å². The highest BCUT2D eigenvalue weighted by Gasteiger charge is 2.22. The van der Waals surface area contributed by atoms with E-state index in [2.05, 4.69) is 18.4 Å². The van der Waals surface area contributed by atoms with Crippen LogP contribution in [0.25, 0.3) is 21.6 Å². The first-order chi connectivity index (χ1) is 11.2. The highest BCUT2D eigenvalue weighted by atomic mass is 35.5. The molecule has 1 aliphatic carbocycles. The summed E-state index contributed by atoms with van der Waals surface area (Å²) in [6.07, 6.45) is 3.84. The van der Waals surface area contributed by atoms with Crippen LogP contribution < -0.4 is 4.74 Å². The van der Waals surface area contributed by atoms with Crippen molar-refractivity contribution >= 4 is 33.8 Å². The van der Waals surface area contributed by atoms with Crippen molar-refractivity contribution in [2.24, 2.45) is 0 Å². The fourth-order valence-corrected chi connectivity index (χ4v) is 4.12. The quantitative estimate of drug-likeness (QED) is 0.620. The van der Waals surface area contributed by atoms with Crippen LogP contribution in [0.5, 0.6) is 5.75 Å². The molecule has 0 radical (unpaired) electrons. The number of benzene rings is 1. The predicted molar refractivity (Wildman–Crippen MR) is 95.7 cm³/mol. The Balaban J connectivity index is 1.83. The van der Waals surface area contributed by atoms with Gasteiger partial charge in [-0.25, -0.2) is 9.97 Å². The highest BCUT2D eigenvalue weighted by molar-refractivity contribution is 7.13. The number of methoxy groups -OCH3 is 1. The Morgan fingerprint density at radius 3 is 2.78 bits per heavy atom. The number of pyridine rings is 1. The molecule has 0 aliphatic heterocycles. The Morgan fingerprint density at radius 2 is 2.09 bits per heavy atom. The van der Waals surface area contributed by atoms with E-state index in [0.717, 1.165) is 27.2 Å². The summed E-state index contributed by atoms with van der Waals surface area (Å²) in [7, 11) is 1.62. The van der Waals surface area contributed by atoms with E-state index in [1.807, 2.05) is 12.1 Å². The van der Waals surface area contributed by atoms with Crippen LogP contribution in [0.15, 0.2) is 23.6 Å². The molecule has 1 saturated carbocycles. The molecule has 5 heteroatoms. The first kappa shape index (κ1) is 14.9. The normalized spacial score (nSPS) is 14.9. The number of halogens is 1. The van der Waals surface area contributed by atoms with E-state index in [1.165, 1.54) is 25.0 Å². The lowest BCUT2D eigenvalue weighted by molar-refractivity contribution is 0.413. The van der Waals surface area contributed by atoms with Crippen LogP contribution in [0.4, 0.5) is 0 Å². The van der Waals surface area contributed by atoms with E-state index in [4.69, 9.17) is 26.3 Å². The number of hydrogen-bond donors (Lipinski definition) is 0. The molecule has 0 unspecified atom stereocenters. The average Bonchev–Trinajstić information content (AvgIpc) is 2.96. The zero-order chi connectivity index (χ0) is 16.0. The van der Waals surface area contributed by atoms with Gasteiger partial charge in [0.15, 0.2) is 0 Å². The van der Waals surface area contributed by atoms with Crippen molar-refractivity contribution in [2.45, 2.75) is 32.1 Å². The summed E-state index contributed by atoms with van der Waals surface area (Å²) < 4.78 is 5.31. The van der Waals surface area contributed by atoms with Gasteiger partial charge in [-0.1, -0.05) is 18.0 Å². The van der Waals surface area contributed by atoms with Gasteiger partial charge in [-0.05, 0) is 43.5 Å². The van der Waals surface area contributed by atoms with Crippen molar-refractivity contribution in [2.75, 3.05) is 7.11 Å². The number of aryl methyl sites for hydroxylation is 1. The van der Waals surface area contributed by atoms with Crippen molar-refractivity contribution in [3.63, 3.8) is 0 Å². The topological polar surface area (TPSA) is 35.0 Å². The Morgan fingerprint density at radius 1 is 1.26 bits per heavy atom. The Labute approximate surface area is 144 Å². The van der Waals surface area contributed by atoms with Gasteiger partial charge in [0.05, 0.1) is 24.0 Å². The molecule has 118 valence electrons. The Kier molecular flexibility index (Phi) is 3.74. The van der Waals surface area contributed by atoms with Crippen LogP contribution in [-0.4, -0.2) is 17.1 Å². The summed E-state index contributed by atoms with van der Waals surface area (Å²) in [6, 6.07) is 5.99. The largest absolute Gasteiger partial charge is 0.495 e. The second-order valence-electron chi connectivity index (χ2n) is 6.01. The number of fused-ring (bicyclic) bond motifs is 1. The third-order valence-electron chi connectivity index (χ3n) is 4.58. The fraction of sp³-hybridized carbons (Fsp3) is 0.333. The number of rotatable bonds is 3. The van der Waals surface area contributed by atoms with Crippen LogP contribution >= 0.6 is 22.9 Å². The van der Waals surface area contributed by atoms with Crippen LogP contribution in [0.2, 0.25) is 5.02 Å². The molecule has 1 aliphatic rings. The first-order valence-corrected chi connectivity index (χ1v) is 9.03. The van der Waals surface area contributed by atoms with Crippen LogP contribution in [0.1, 0.15) is 36.4 Å². The highest BCUT2D eigenvalue weighted by Crippen LogP contribution is 2.39. The Hall–Kier alpha value is -1.65. The zero-order valence-corrected chi connectivity index (χ0v) is 14.7. The maximum absolute atomic E-state index is 6.46. The third-order valence-corrected chi connectivity index (χ3v) is 5.82. The summed E-state index contributed by atoms with van der Waals surface area (Å²) in [4.78, 5) is 9.57. The molecule has 0 atom stereocenters. The van der Waals surface area contributed by atoms with Crippen molar-refractivity contribution in [1.82, 2.24) is 9.97 Å². The summed E-state index contributed by atoms with van der Waals surface area (Å²) in [5.74, 6) is 1.29. The van der Waals surface area contributed by atoms with E-state index < -0.39 is 0 Å². The number of aromatic nitrogens is 2. The number of thiazole rings is 1. The van der Waals surface area contributed by atoms with Crippen molar-refractivity contribution < 1.29 is 4.74 Å². The molecule has 4 rings (SSSR count). The van der Waals surface area contributed by atoms with Crippen molar-refractivity contribution in [1.29, 1.82) is 0 Å². The van der Waals surface area contributed by atoms with Gasteiger partial charge in [-0.2, -0.15) is 0 Å². The molecule has 0 N–H and O–H groups in total. The zero-order valence-electron chi connectivity index (χ0n) is 13.1. The molecule has 2 aromatic heterocycles. The molecule has 1 fully saturated rings. The number of hydrogen-bond acceptors (Lipinski definition) is 4. The molecule has 0 bridgehead atoms. The lowest BCUT2D eigenvalue weighted by Crippen LogP contribution is -2.08. The van der Waals surface area contributed by atoms with Crippen LogP contribution in [-0.2, 0) is 0 Å². The summed E-state index contributed by atoms with van der Waals surface area (Å²) in [5, 5.41) is 4.75. The molecule has 1 aromatic carbocycles. The first-order valence-electron chi connectivity index (χ1n) is 7.77. The second-order valence-corrected chi connectivity index (χ2v) is 7.24. The standard InChI is InChI=1S/C18H17ClN2OS/c1-10-8-13(18-21-14(9-23-18)11-4-3-5-11)20-17-12(10)6-7-15(22-2)16(17)19/h6-9,11H,3-5H2,1-2H3. The molecule has 2 heterocycles.